The van der Waals surface area contributed by atoms with Gasteiger partial charge in [-0.2, -0.15) is 0 Å². The van der Waals surface area contributed by atoms with Gasteiger partial charge in [0.25, 0.3) is 11.8 Å². The fraction of sp³-hybridized carbons (Fsp3) is 0.378. The molecule has 5 atom stereocenters. The summed E-state index contributed by atoms with van der Waals surface area (Å²) in [5.41, 5.74) is 5.57. The number of aliphatic hydroxyl groups is 1. The van der Waals surface area contributed by atoms with E-state index in [-0.39, 0.29) is 37.3 Å². The van der Waals surface area contributed by atoms with Gasteiger partial charge in [-0.25, -0.2) is 0 Å². The number of hydrogen-bond acceptors (Lipinski definition) is 9. The Labute approximate surface area is 344 Å². The van der Waals surface area contributed by atoms with E-state index in [1.54, 1.807) is 12.1 Å². The van der Waals surface area contributed by atoms with Crippen LogP contribution < -0.4 is 26.0 Å². The molecular formula is C45H53N5O7S. The maximum atomic E-state index is 14.3. The number of carbonyl (C=O) groups is 4. The molecule has 4 aromatic carbocycles. The van der Waals surface area contributed by atoms with Crippen molar-refractivity contribution in [1.82, 2.24) is 20.9 Å². The summed E-state index contributed by atoms with van der Waals surface area (Å²) in [7, 11) is 0. The average Bonchev–Trinajstić information content (AvgIpc) is 3.86. The molecule has 0 spiro atoms. The van der Waals surface area contributed by atoms with Crippen LogP contribution in [0.2, 0.25) is 0 Å². The van der Waals surface area contributed by atoms with Crippen LogP contribution in [0.1, 0.15) is 42.5 Å². The predicted octanol–water partition coefficient (Wildman–Crippen LogP) is 5.03. The minimum absolute atomic E-state index is 0.117. The van der Waals surface area contributed by atoms with Gasteiger partial charge in [0.2, 0.25) is 11.8 Å². The van der Waals surface area contributed by atoms with Crippen LogP contribution in [0.4, 0.5) is 11.4 Å². The van der Waals surface area contributed by atoms with Gasteiger partial charge in [0.1, 0.15) is 17.8 Å². The molecule has 2 aliphatic rings. The summed E-state index contributed by atoms with van der Waals surface area (Å²) in [5, 5.41) is 24.0. The van der Waals surface area contributed by atoms with Crippen molar-refractivity contribution in [3.05, 3.63) is 125 Å². The van der Waals surface area contributed by atoms with E-state index in [1.807, 2.05) is 119 Å². The van der Waals surface area contributed by atoms with E-state index in [2.05, 4.69) is 21.3 Å². The first-order chi connectivity index (χ1) is 27.9. The second-order valence-corrected chi connectivity index (χ2v) is 17.0. The number of nitrogens with one attached hydrogen (secondary N) is 4. The number of aliphatic hydroxyl groups excluding tert-OH is 1. The molecule has 6 rings (SSSR count). The molecule has 5 N–H and O–H groups in total. The average molecular weight is 808 g/mol. The SMILES string of the molecule is Cc1cccc(C)c1CNC(=O)[C@H]1N(C(=O)[C@@H](O)[C@H](Cc2ccccc2)NC(=O)[C@@H](NC(=O)COc2cccc(Nc3ccccc3)c2)[C@H]2CCOC2)CSC1(C)C. The minimum Gasteiger partial charge on any atom is -0.484 e. The smallest absolute Gasteiger partial charge is 0.258 e. The fourth-order valence-corrected chi connectivity index (χ4v) is 8.61. The Bertz CT molecular complexity index is 2020. The Hall–Kier alpha value is -5.37. The van der Waals surface area contributed by atoms with Gasteiger partial charge in [0.15, 0.2) is 12.7 Å². The third-order valence-corrected chi connectivity index (χ3v) is 12.1. The third kappa shape index (κ3) is 10.8. The number of carbonyl (C=O) groups excluding carboxylic acids is 4. The van der Waals surface area contributed by atoms with E-state index in [9.17, 15) is 24.3 Å². The molecule has 13 heteroatoms. The highest BCUT2D eigenvalue weighted by atomic mass is 32.2. The number of para-hydroxylation sites is 1. The zero-order chi connectivity index (χ0) is 41.2. The molecule has 4 aromatic rings. The van der Waals surface area contributed by atoms with Crippen LogP contribution >= 0.6 is 11.8 Å². The number of benzene rings is 4. The molecule has 0 saturated carbocycles. The highest BCUT2D eigenvalue weighted by molar-refractivity contribution is 8.00. The maximum absolute atomic E-state index is 14.3. The lowest BCUT2D eigenvalue weighted by Gasteiger charge is -2.34. The van der Waals surface area contributed by atoms with Gasteiger partial charge in [-0.05, 0) is 87.1 Å². The Kier molecular flexibility index (Phi) is 14.1. The van der Waals surface area contributed by atoms with Crippen LogP contribution in [0.15, 0.2) is 103 Å². The second-order valence-electron chi connectivity index (χ2n) is 15.4. The van der Waals surface area contributed by atoms with Crippen molar-refractivity contribution in [2.75, 3.05) is 31.0 Å². The van der Waals surface area contributed by atoms with Crippen LogP contribution in [0, 0.1) is 19.8 Å². The van der Waals surface area contributed by atoms with Crippen LogP contribution in [0.25, 0.3) is 0 Å². The Morgan fingerprint density at radius 3 is 2.26 bits per heavy atom. The molecule has 2 fully saturated rings. The number of hydrogen-bond donors (Lipinski definition) is 5. The molecule has 0 aromatic heterocycles. The van der Waals surface area contributed by atoms with Gasteiger partial charge in [-0.3, -0.25) is 19.2 Å². The highest BCUT2D eigenvalue weighted by Crippen LogP contribution is 2.40. The topological polar surface area (TPSA) is 158 Å². The van der Waals surface area contributed by atoms with Gasteiger partial charge >= 0.3 is 0 Å². The lowest BCUT2D eigenvalue weighted by atomic mass is 9.95. The summed E-state index contributed by atoms with van der Waals surface area (Å²) in [5.74, 6) is -1.79. The fourth-order valence-electron chi connectivity index (χ4n) is 7.47. The maximum Gasteiger partial charge on any atom is 0.258 e. The number of rotatable bonds is 16. The number of nitrogens with zero attached hydrogens (tertiary/aromatic N) is 1. The number of amides is 4. The van der Waals surface area contributed by atoms with E-state index in [0.717, 1.165) is 33.6 Å². The molecule has 306 valence electrons. The normalized spacial score (nSPS) is 18.7. The summed E-state index contributed by atoms with van der Waals surface area (Å²) in [6.07, 6.45) is -1.06. The first-order valence-corrected chi connectivity index (χ1v) is 20.6. The van der Waals surface area contributed by atoms with Crippen molar-refractivity contribution in [2.45, 2.75) is 76.1 Å². The molecule has 2 aliphatic heterocycles. The van der Waals surface area contributed by atoms with Crippen molar-refractivity contribution < 1.29 is 33.8 Å². The molecule has 58 heavy (non-hydrogen) atoms. The van der Waals surface area contributed by atoms with E-state index in [4.69, 9.17) is 9.47 Å². The van der Waals surface area contributed by atoms with Crippen LogP contribution in [-0.4, -0.2) is 88.3 Å². The lowest BCUT2D eigenvalue weighted by molar-refractivity contribution is -0.148. The molecular weight excluding hydrogens is 755 g/mol. The Balaban J connectivity index is 1.15. The van der Waals surface area contributed by atoms with Crippen LogP contribution in [-0.2, 0) is 36.9 Å². The second kappa shape index (κ2) is 19.4. The van der Waals surface area contributed by atoms with Crippen molar-refractivity contribution in [2.24, 2.45) is 5.92 Å². The van der Waals surface area contributed by atoms with Gasteiger partial charge in [0, 0.05) is 41.3 Å². The zero-order valence-corrected chi connectivity index (χ0v) is 34.2. The number of aryl methyl sites for hydroxylation is 2. The van der Waals surface area contributed by atoms with E-state index in [0.29, 0.717) is 25.3 Å². The van der Waals surface area contributed by atoms with Gasteiger partial charge in [-0.1, -0.05) is 72.8 Å². The van der Waals surface area contributed by atoms with Gasteiger partial charge in [-0.15, -0.1) is 11.8 Å². The third-order valence-electron chi connectivity index (χ3n) is 10.7. The molecule has 12 nitrogen and oxygen atoms in total. The van der Waals surface area contributed by atoms with Gasteiger partial charge in [0.05, 0.1) is 18.5 Å². The predicted molar refractivity (Wildman–Crippen MR) is 226 cm³/mol. The summed E-state index contributed by atoms with van der Waals surface area (Å²) in [6, 6.07) is 29.1. The largest absolute Gasteiger partial charge is 0.484 e. The van der Waals surface area contributed by atoms with E-state index in [1.165, 1.54) is 16.7 Å². The van der Waals surface area contributed by atoms with E-state index >= 15 is 0 Å². The number of ether oxygens (including phenoxy) is 2. The highest BCUT2D eigenvalue weighted by Gasteiger charge is 2.50. The van der Waals surface area contributed by atoms with Crippen LogP contribution in [0.3, 0.4) is 0 Å². The standard InChI is InChI=1S/C45H53N5O7S/c1-29-13-11-14-30(2)36(29)25-46-43(54)41-45(3,4)58-28-50(41)44(55)40(52)37(23-31-15-7-5-8-16-31)48-42(53)39(32-21-22-56-26-32)49-38(51)27-57-35-20-12-19-34(24-35)47-33-17-9-6-10-18-33/h5-20,24,32,37,39-41,47,52H,21-23,25-28H2,1-4H3,(H,46,54)(H,48,53)(H,49,51)/t32-,37-,39-,40-,41+/m0/s1. The molecule has 4 amide bonds. The lowest BCUT2D eigenvalue weighted by Crippen LogP contribution is -2.61. The van der Waals surface area contributed by atoms with Crippen molar-refractivity contribution in [3.8, 4) is 5.75 Å². The summed E-state index contributed by atoms with van der Waals surface area (Å²) >= 11 is 1.45. The molecule has 0 aliphatic carbocycles. The van der Waals surface area contributed by atoms with Crippen LogP contribution in [0.5, 0.6) is 5.75 Å². The van der Waals surface area contributed by atoms with Crippen molar-refractivity contribution in [1.29, 1.82) is 0 Å². The monoisotopic (exact) mass is 807 g/mol. The first kappa shape index (κ1) is 42.2. The zero-order valence-electron chi connectivity index (χ0n) is 33.4. The summed E-state index contributed by atoms with van der Waals surface area (Å²) in [6.45, 7) is 8.41. The summed E-state index contributed by atoms with van der Waals surface area (Å²) in [4.78, 5) is 57.2. The van der Waals surface area contributed by atoms with Gasteiger partial charge < -0.3 is 40.7 Å². The molecule has 2 saturated heterocycles. The quantitative estimate of drug-likeness (QED) is 0.105. The Morgan fingerprint density at radius 2 is 1.57 bits per heavy atom. The minimum atomic E-state index is -1.70. The van der Waals surface area contributed by atoms with Crippen molar-refractivity contribution >= 4 is 46.8 Å². The summed E-state index contributed by atoms with van der Waals surface area (Å²) < 4.78 is 10.8. The molecule has 0 radical (unpaired) electrons. The number of anilines is 2. The van der Waals surface area contributed by atoms with Crippen molar-refractivity contribution in [3.63, 3.8) is 0 Å². The molecule has 2 heterocycles. The first-order valence-electron chi connectivity index (χ1n) is 19.6. The molecule has 0 unspecified atom stereocenters. The van der Waals surface area contributed by atoms with E-state index < -0.39 is 46.7 Å². The molecule has 0 bridgehead atoms. The number of thioether (sulfide) groups is 1. The Morgan fingerprint density at radius 1 is 0.897 bits per heavy atom.